The summed E-state index contributed by atoms with van der Waals surface area (Å²) in [4.78, 5) is 10.5. The summed E-state index contributed by atoms with van der Waals surface area (Å²) in [6.45, 7) is 0. The quantitative estimate of drug-likeness (QED) is 0.614. The van der Waals surface area contributed by atoms with Crippen molar-refractivity contribution in [3.8, 4) is 0 Å². The predicted molar refractivity (Wildman–Crippen MR) is 48.7 cm³/mol. The largest absolute Gasteiger partial charge is 0.468 e. The zero-order valence-electron chi connectivity index (χ0n) is 5.67. The first-order chi connectivity index (χ1) is 4.22. The number of carbonyl (C=O) groups excluding carboxylic acids is 1. The summed E-state index contributed by atoms with van der Waals surface area (Å²) in [5.41, 5.74) is 5.33. The first-order valence-corrected chi connectivity index (χ1v) is 3.74. The Kier molecular flexibility index (Phi) is 9.76. The van der Waals surface area contributed by atoms with Gasteiger partial charge in [-0.2, -0.15) is 0 Å². The normalized spacial score (nSPS) is 11.5. The van der Waals surface area contributed by atoms with Crippen LogP contribution in [0.4, 0.5) is 0 Å². The Morgan fingerprint density at radius 1 is 1.80 bits per heavy atom. The van der Waals surface area contributed by atoms with Crippen LogP contribution >= 0.6 is 32.9 Å². The van der Waals surface area contributed by atoms with E-state index in [1.165, 1.54) is 7.11 Å². The highest BCUT2D eigenvalue weighted by Crippen LogP contribution is 1.94. The van der Waals surface area contributed by atoms with Crippen LogP contribution in [0.2, 0.25) is 0 Å². The summed E-state index contributed by atoms with van der Waals surface area (Å²) < 4.78 is 4.38. The first kappa shape index (κ1) is 13.0. The third-order valence-corrected chi connectivity index (χ3v) is 1.38. The lowest BCUT2D eigenvalue weighted by molar-refractivity contribution is -0.142. The fourth-order valence-corrected chi connectivity index (χ4v) is 0.880. The van der Waals surface area contributed by atoms with Gasteiger partial charge in [0.15, 0.2) is 0 Å². The summed E-state index contributed by atoms with van der Waals surface area (Å²) in [6, 6.07) is -0.477. The minimum absolute atomic E-state index is 0. The Bertz CT molecular complexity index is 99.6. The van der Waals surface area contributed by atoms with E-state index in [1.807, 2.05) is 0 Å². The zero-order chi connectivity index (χ0) is 7.28. The van der Waals surface area contributed by atoms with Gasteiger partial charge in [-0.3, -0.25) is 4.79 Å². The number of alkyl halides is 1. The monoisotopic (exact) mass is 275 g/mol. The third-order valence-electron chi connectivity index (χ3n) is 0.924. The fraction of sp³-hybridized carbons (Fsp3) is 0.800. The number of ether oxygens (including phenoxy) is 1. The van der Waals surface area contributed by atoms with E-state index in [9.17, 15) is 4.79 Å². The van der Waals surface area contributed by atoms with E-state index in [-0.39, 0.29) is 23.0 Å². The number of hydrogen-bond donors (Lipinski definition) is 1. The Morgan fingerprint density at radius 2 is 2.30 bits per heavy atom. The van der Waals surface area contributed by atoms with Crippen LogP contribution in [0.1, 0.15) is 6.42 Å². The molecule has 0 aromatic rings. The maximum atomic E-state index is 10.5. The number of esters is 1. The molecule has 0 aromatic carbocycles. The molecule has 1 atom stereocenters. The van der Waals surface area contributed by atoms with E-state index in [1.54, 1.807) is 0 Å². The van der Waals surface area contributed by atoms with Gasteiger partial charge in [0.2, 0.25) is 0 Å². The minimum Gasteiger partial charge on any atom is -0.468 e. The number of halogens is 2. The molecule has 0 heterocycles. The Balaban J connectivity index is 0. The average molecular weight is 277 g/mol. The van der Waals surface area contributed by atoms with Gasteiger partial charge in [0, 0.05) is 5.33 Å². The highest BCUT2D eigenvalue weighted by molar-refractivity contribution is 9.09. The molecule has 0 radical (unpaired) electrons. The molecule has 0 aliphatic carbocycles. The topological polar surface area (TPSA) is 52.3 Å². The van der Waals surface area contributed by atoms with Crippen LogP contribution < -0.4 is 5.73 Å². The molecule has 0 aliphatic heterocycles. The van der Waals surface area contributed by atoms with Gasteiger partial charge in [0.05, 0.1) is 7.11 Å². The highest BCUT2D eigenvalue weighted by Gasteiger charge is 2.11. The van der Waals surface area contributed by atoms with E-state index in [0.29, 0.717) is 6.42 Å². The number of rotatable bonds is 3. The molecule has 3 nitrogen and oxygen atoms in total. The highest BCUT2D eigenvalue weighted by atomic mass is 79.9. The van der Waals surface area contributed by atoms with Crippen LogP contribution in [0.3, 0.4) is 0 Å². The molecule has 0 bridgehead atoms. The van der Waals surface area contributed by atoms with E-state index >= 15 is 0 Å². The lowest BCUT2D eigenvalue weighted by Crippen LogP contribution is -2.31. The van der Waals surface area contributed by atoms with Crippen LogP contribution in [-0.4, -0.2) is 24.5 Å². The molecule has 10 heavy (non-hydrogen) atoms. The van der Waals surface area contributed by atoms with Crippen LogP contribution in [0.15, 0.2) is 0 Å². The van der Waals surface area contributed by atoms with Crippen molar-refractivity contribution in [2.75, 3.05) is 12.4 Å². The van der Waals surface area contributed by atoms with Crippen molar-refractivity contribution in [2.45, 2.75) is 12.5 Å². The number of methoxy groups -OCH3 is 1. The fourth-order valence-electron chi connectivity index (χ4n) is 0.387. The van der Waals surface area contributed by atoms with Gasteiger partial charge in [-0.25, -0.2) is 0 Å². The molecule has 0 aliphatic rings. The van der Waals surface area contributed by atoms with Gasteiger partial charge in [0.25, 0.3) is 0 Å². The van der Waals surface area contributed by atoms with Crippen molar-refractivity contribution < 1.29 is 9.53 Å². The van der Waals surface area contributed by atoms with Gasteiger partial charge < -0.3 is 10.5 Å². The summed E-state index contributed by atoms with van der Waals surface area (Å²) in [5.74, 6) is -0.352. The second kappa shape index (κ2) is 7.50. The molecule has 0 amide bonds. The Morgan fingerprint density at radius 3 is 2.60 bits per heavy atom. The molecule has 1 unspecified atom stereocenters. The molecular weight excluding hydrogens is 266 g/mol. The van der Waals surface area contributed by atoms with E-state index in [0.717, 1.165) is 5.33 Å². The molecule has 0 saturated heterocycles. The molecular formula is C5H11Br2NO2. The zero-order valence-corrected chi connectivity index (χ0v) is 8.97. The summed E-state index contributed by atoms with van der Waals surface area (Å²) in [6.07, 6.45) is 0.618. The van der Waals surface area contributed by atoms with Gasteiger partial charge in [-0.1, -0.05) is 15.9 Å². The van der Waals surface area contributed by atoms with Crippen LogP contribution in [-0.2, 0) is 9.53 Å². The van der Waals surface area contributed by atoms with Crippen molar-refractivity contribution in [2.24, 2.45) is 5.73 Å². The van der Waals surface area contributed by atoms with Gasteiger partial charge in [0.1, 0.15) is 6.04 Å². The molecule has 5 heteroatoms. The van der Waals surface area contributed by atoms with Gasteiger partial charge in [-0.15, -0.1) is 17.0 Å². The van der Waals surface area contributed by atoms with Crippen molar-refractivity contribution in [1.82, 2.24) is 0 Å². The SMILES string of the molecule is Br.COC(=O)C(N)CCBr. The van der Waals surface area contributed by atoms with Crippen molar-refractivity contribution >= 4 is 38.9 Å². The molecule has 0 rings (SSSR count). The van der Waals surface area contributed by atoms with Gasteiger partial charge in [-0.05, 0) is 6.42 Å². The van der Waals surface area contributed by atoms with E-state index in [2.05, 4.69) is 20.7 Å². The maximum absolute atomic E-state index is 10.5. The molecule has 62 valence electrons. The summed E-state index contributed by atoms with van der Waals surface area (Å²) in [5, 5.41) is 0.725. The molecule has 0 saturated carbocycles. The lowest BCUT2D eigenvalue weighted by Gasteiger charge is -2.04. The molecule has 0 aromatic heterocycles. The molecule has 0 fully saturated rings. The van der Waals surface area contributed by atoms with Crippen LogP contribution in [0.25, 0.3) is 0 Å². The van der Waals surface area contributed by atoms with Crippen molar-refractivity contribution in [1.29, 1.82) is 0 Å². The number of nitrogens with two attached hydrogens (primary N) is 1. The smallest absolute Gasteiger partial charge is 0.322 e. The van der Waals surface area contributed by atoms with Gasteiger partial charge >= 0.3 is 5.97 Å². The van der Waals surface area contributed by atoms with Crippen LogP contribution in [0, 0.1) is 0 Å². The maximum Gasteiger partial charge on any atom is 0.322 e. The lowest BCUT2D eigenvalue weighted by atomic mass is 10.2. The Hall–Kier alpha value is 0.390. The minimum atomic E-state index is -0.477. The van der Waals surface area contributed by atoms with E-state index < -0.39 is 6.04 Å². The average Bonchev–Trinajstić information content (AvgIpc) is 1.87. The Labute approximate surface area is 79.2 Å². The predicted octanol–water partition coefficient (Wildman–Crippen LogP) is 0.850. The van der Waals surface area contributed by atoms with Crippen molar-refractivity contribution in [3.63, 3.8) is 0 Å². The molecule has 0 spiro atoms. The van der Waals surface area contributed by atoms with E-state index in [4.69, 9.17) is 5.73 Å². The summed E-state index contributed by atoms with van der Waals surface area (Å²) in [7, 11) is 1.33. The molecule has 2 N–H and O–H groups in total. The first-order valence-electron chi connectivity index (χ1n) is 2.61. The third kappa shape index (κ3) is 5.20. The summed E-state index contributed by atoms with van der Waals surface area (Å²) >= 11 is 3.16. The number of carbonyl (C=O) groups is 1. The second-order valence-electron chi connectivity index (χ2n) is 1.61. The second-order valence-corrected chi connectivity index (χ2v) is 2.40. The van der Waals surface area contributed by atoms with Crippen LogP contribution in [0.5, 0.6) is 0 Å². The standard InChI is InChI=1S/C5H10BrNO2.BrH/c1-9-5(8)4(7)2-3-6;/h4H,2-3,7H2,1H3;1H. The van der Waals surface area contributed by atoms with Crippen molar-refractivity contribution in [3.05, 3.63) is 0 Å². The number of hydrogen-bond acceptors (Lipinski definition) is 3.